The second kappa shape index (κ2) is 14.7. The van der Waals surface area contributed by atoms with Crippen molar-refractivity contribution < 1.29 is 19.0 Å². The van der Waals surface area contributed by atoms with E-state index in [2.05, 4.69) is 34.9 Å². The molecule has 0 aliphatic rings. The maximum absolute atomic E-state index is 6.04. The lowest BCUT2D eigenvalue weighted by Crippen LogP contribution is -2.12. The molecule has 0 aliphatic carbocycles. The summed E-state index contributed by atoms with van der Waals surface area (Å²) in [6.07, 6.45) is 6.96. The monoisotopic (exact) mass is 503 g/mol. The fourth-order valence-electron chi connectivity index (χ4n) is 3.20. The Morgan fingerprint density at radius 1 is 0.969 bits per heavy atom. The van der Waals surface area contributed by atoms with E-state index in [0.29, 0.717) is 26.4 Å². The number of oxime groups is 1. The average molecular weight is 504 g/mol. The van der Waals surface area contributed by atoms with Gasteiger partial charge in [-0.2, -0.15) is 0 Å². The molecule has 0 N–H and O–H groups in total. The fourth-order valence-corrected chi connectivity index (χ4v) is 3.47. The first-order valence-electron chi connectivity index (χ1n) is 11.0. The van der Waals surface area contributed by atoms with Crippen molar-refractivity contribution in [3.63, 3.8) is 0 Å². The largest absolute Gasteiger partial charge is 0.493 e. The molecule has 0 atom stereocenters. The summed E-state index contributed by atoms with van der Waals surface area (Å²) in [5.41, 5.74) is 3.98. The average Bonchev–Trinajstić information content (AvgIpc) is 2.77. The molecule has 0 fully saturated rings. The van der Waals surface area contributed by atoms with Crippen LogP contribution in [-0.2, 0) is 9.57 Å². The predicted molar refractivity (Wildman–Crippen MR) is 134 cm³/mol. The maximum Gasteiger partial charge on any atom is 0.125 e. The lowest BCUT2D eigenvalue weighted by molar-refractivity contribution is 0.157. The van der Waals surface area contributed by atoms with Crippen LogP contribution in [0.4, 0.5) is 0 Å². The molecular weight excluding hydrogens is 470 g/mol. The first-order chi connectivity index (χ1) is 15.5. The number of benzene rings is 2. The Morgan fingerprint density at radius 3 is 2.31 bits per heavy atom. The van der Waals surface area contributed by atoms with Crippen LogP contribution in [-0.4, -0.2) is 39.2 Å². The summed E-state index contributed by atoms with van der Waals surface area (Å²) >= 11 is 3.44. The Kier molecular flexibility index (Phi) is 11.9. The van der Waals surface area contributed by atoms with Gasteiger partial charge in [0.1, 0.15) is 30.9 Å². The zero-order valence-corrected chi connectivity index (χ0v) is 21.1. The zero-order valence-electron chi connectivity index (χ0n) is 19.5. The maximum atomic E-state index is 6.04. The van der Waals surface area contributed by atoms with Crippen molar-refractivity contribution >= 4 is 21.6 Å². The molecule has 2 aromatic carbocycles. The fraction of sp³-hybridized carbons (Fsp3) is 0.423. The number of aryl methyl sites for hydroxylation is 2. The molecule has 5 nitrogen and oxygen atoms in total. The first kappa shape index (κ1) is 25.9. The van der Waals surface area contributed by atoms with Crippen LogP contribution in [0.1, 0.15) is 42.9 Å². The number of hydrogen-bond acceptors (Lipinski definition) is 5. The third-order valence-corrected chi connectivity index (χ3v) is 5.34. The van der Waals surface area contributed by atoms with Crippen molar-refractivity contribution in [2.75, 3.05) is 33.5 Å². The molecule has 0 aliphatic heterocycles. The number of ether oxygens (including phenoxy) is 3. The minimum absolute atomic E-state index is 0.423. The lowest BCUT2D eigenvalue weighted by atomic mass is 10.1. The number of nitrogens with zero attached hydrogens (tertiary/aromatic N) is 1. The van der Waals surface area contributed by atoms with Crippen LogP contribution in [0, 0.1) is 13.8 Å². The molecule has 2 aromatic rings. The van der Waals surface area contributed by atoms with E-state index in [9.17, 15) is 0 Å². The normalized spacial score (nSPS) is 11.7. The van der Waals surface area contributed by atoms with Crippen molar-refractivity contribution in [2.24, 2.45) is 5.16 Å². The summed E-state index contributed by atoms with van der Waals surface area (Å²) in [5.74, 6) is 1.83. The van der Waals surface area contributed by atoms with Gasteiger partial charge in [0.15, 0.2) is 0 Å². The molecule has 174 valence electrons. The van der Waals surface area contributed by atoms with E-state index in [0.717, 1.165) is 57.6 Å². The highest BCUT2D eigenvalue weighted by Gasteiger charge is 2.08. The van der Waals surface area contributed by atoms with Gasteiger partial charge in [0.2, 0.25) is 0 Å². The van der Waals surface area contributed by atoms with Crippen molar-refractivity contribution in [3.8, 4) is 11.5 Å². The minimum atomic E-state index is 0.423. The molecule has 0 saturated carbocycles. The van der Waals surface area contributed by atoms with E-state index in [1.807, 2.05) is 55.5 Å². The van der Waals surface area contributed by atoms with Crippen LogP contribution in [0.3, 0.4) is 0 Å². The van der Waals surface area contributed by atoms with Gasteiger partial charge >= 0.3 is 0 Å². The summed E-state index contributed by atoms with van der Waals surface area (Å²) in [4.78, 5) is 4.96. The summed E-state index contributed by atoms with van der Waals surface area (Å²) in [7, 11) is 1.55. The molecule has 32 heavy (non-hydrogen) atoms. The lowest BCUT2D eigenvalue weighted by Gasteiger charge is -2.14. The van der Waals surface area contributed by atoms with E-state index in [4.69, 9.17) is 19.0 Å². The van der Waals surface area contributed by atoms with Crippen molar-refractivity contribution in [2.45, 2.75) is 40.0 Å². The van der Waals surface area contributed by atoms with E-state index in [-0.39, 0.29) is 0 Å². The Hall–Kier alpha value is -2.31. The van der Waals surface area contributed by atoms with Crippen LogP contribution in [0.5, 0.6) is 11.5 Å². The Morgan fingerprint density at radius 2 is 1.66 bits per heavy atom. The number of allylic oxidation sites excluding steroid dienone is 1. The number of hydrogen-bond donors (Lipinski definition) is 0. The summed E-state index contributed by atoms with van der Waals surface area (Å²) < 4.78 is 18.6. The van der Waals surface area contributed by atoms with Gasteiger partial charge in [-0.15, -0.1) is 0 Å². The van der Waals surface area contributed by atoms with Gasteiger partial charge in [-0.1, -0.05) is 45.4 Å². The van der Waals surface area contributed by atoms with Crippen LogP contribution in [0.2, 0.25) is 0 Å². The molecule has 0 saturated heterocycles. The molecule has 0 amide bonds. The number of unbranched alkanes of at least 4 members (excludes halogenated alkanes) is 2. The SMILES string of the molecule is C/C=C/COc1cc(C)c(OCCCCCOC/C(=N/OC)c2ccc(Br)cc2)c(C)c1. The molecule has 0 radical (unpaired) electrons. The summed E-state index contributed by atoms with van der Waals surface area (Å²) in [6.45, 7) is 8.48. The summed E-state index contributed by atoms with van der Waals surface area (Å²) in [6, 6.07) is 12.0. The van der Waals surface area contributed by atoms with Crippen LogP contribution in [0.15, 0.2) is 58.2 Å². The smallest absolute Gasteiger partial charge is 0.125 e. The van der Waals surface area contributed by atoms with Crippen LogP contribution >= 0.6 is 15.9 Å². The van der Waals surface area contributed by atoms with Crippen LogP contribution in [0.25, 0.3) is 0 Å². The van der Waals surface area contributed by atoms with Gasteiger partial charge < -0.3 is 19.0 Å². The molecule has 0 heterocycles. The molecule has 6 heteroatoms. The third-order valence-electron chi connectivity index (χ3n) is 4.81. The van der Waals surface area contributed by atoms with Gasteiger partial charge in [0.25, 0.3) is 0 Å². The number of halogens is 1. The zero-order chi connectivity index (χ0) is 23.2. The van der Waals surface area contributed by atoms with E-state index in [1.165, 1.54) is 0 Å². The van der Waals surface area contributed by atoms with E-state index >= 15 is 0 Å². The second-order valence-corrected chi connectivity index (χ2v) is 8.37. The molecule has 0 bridgehead atoms. The Labute approximate surface area is 200 Å². The molecular formula is C26H34BrNO4. The van der Waals surface area contributed by atoms with Crippen molar-refractivity contribution in [1.29, 1.82) is 0 Å². The van der Waals surface area contributed by atoms with Gasteiger partial charge in [0, 0.05) is 16.6 Å². The quantitative estimate of drug-likeness (QED) is 0.125. The minimum Gasteiger partial charge on any atom is -0.493 e. The number of rotatable bonds is 14. The van der Waals surface area contributed by atoms with Crippen molar-refractivity contribution in [1.82, 2.24) is 0 Å². The van der Waals surface area contributed by atoms with Gasteiger partial charge in [0.05, 0.1) is 13.2 Å². The van der Waals surface area contributed by atoms with Crippen LogP contribution < -0.4 is 9.47 Å². The second-order valence-electron chi connectivity index (χ2n) is 7.46. The first-order valence-corrected chi connectivity index (χ1v) is 11.8. The topological polar surface area (TPSA) is 49.3 Å². The van der Waals surface area contributed by atoms with Crippen molar-refractivity contribution in [3.05, 3.63) is 69.7 Å². The predicted octanol–water partition coefficient (Wildman–Crippen LogP) is 6.64. The molecule has 2 rings (SSSR count). The van der Waals surface area contributed by atoms with Gasteiger partial charge in [-0.3, -0.25) is 0 Å². The van der Waals surface area contributed by atoms with Gasteiger partial charge in [-0.25, -0.2) is 0 Å². The molecule has 0 unspecified atom stereocenters. The third kappa shape index (κ3) is 9.05. The molecule has 0 aromatic heterocycles. The Balaban J connectivity index is 1.66. The van der Waals surface area contributed by atoms with E-state index in [1.54, 1.807) is 7.11 Å². The van der Waals surface area contributed by atoms with E-state index < -0.39 is 0 Å². The highest BCUT2D eigenvalue weighted by molar-refractivity contribution is 9.10. The highest BCUT2D eigenvalue weighted by Crippen LogP contribution is 2.28. The highest BCUT2D eigenvalue weighted by atomic mass is 79.9. The van der Waals surface area contributed by atoms with Gasteiger partial charge in [-0.05, 0) is 75.4 Å². The standard InChI is InChI=1S/C26H34BrNO4/c1-5-6-15-31-24-17-20(2)26(21(3)18-24)32-16-9-7-8-14-30-19-25(28-29-4)22-10-12-23(27)13-11-22/h5-6,10-13,17-18H,7-9,14-16,19H2,1-4H3/b6-5+,28-25-. The summed E-state index contributed by atoms with van der Waals surface area (Å²) in [5, 5.41) is 4.09. The molecule has 0 spiro atoms. The Bertz CT molecular complexity index is 855.